The highest BCUT2D eigenvalue weighted by Gasteiger charge is 2.42. The molecule has 0 rings (SSSR count). The normalized spacial score (nSPS) is 15.6. The van der Waals surface area contributed by atoms with Crippen molar-refractivity contribution in [3.63, 3.8) is 0 Å². The number of nitrogens with zero attached hydrogens (tertiary/aromatic N) is 6. The van der Waals surface area contributed by atoms with Gasteiger partial charge in [-0.15, -0.1) is 0 Å². The fourth-order valence-electron chi connectivity index (χ4n) is 10.2. The summed E-state index contributed by atoms with van der Waals surface area (Å²) in [6.07, 6.45) is 6.15. The molecule has 0 radical (unpaired) electrons. The molecule has 2 unspecified atom stereocenters. The number of carbonyl (C=O) groups excluding carboxylic acids is 11. The van der Waals surface area contributed by atoms with E-state index in [1.807, 2.05) is 95.2 Å². The molecular weight excluding hydrogens is 1100 g/mol. The zero-order valence-electron chi connectivity index (χ0n) is 57.0. The lowest BCUT2D eigenvalue weighted by Gasteiger charge is -2.37. The van der Waals surface area contributed by atoms with Crippen molar-refractivity contribution in [3.8, 4) is 0 Å². The average molecular weight is 1220 g/mol. The van der Waals surface area contributed by atoms with Crippen LogP contribution in [-0.2, 0) is 52.7 Å². The van der Waals surface area contributed by atoms with E-state index in [-0.39, 0.29) is 79.4 Å². The first-order chi connectivity index (χ1) is 39.8. The number of hydrogen-bond donors (Lipinski definition) is 6. The second kappa shape index (κ2) is 38.2. The maximum atomic E-state index is 14.6. The summed E-state index contributed by atoms with van der Waals surface area (Å²) in [5.41, 5.74) is 0. The van der Waals surface area contributed by atoms with Gasteiger partial charge in [-0.05, 0) is 107 Å². The van der Waals surface area contributed by atoms with Gasteiger partial charge in [-0.25, -0.2) is 0 Å². The molecular formula is C63H115N11O12. The van der Waals surface area contributed by atoms with Gasteiger partial charge >= 0.3 is 0 Å². The molecule has 0 heterocycles. The Balaban J connectivity index is 6.66. The highest BCUT2D eigenvalue weighted by atomic mass is 16.3. The van der Waals surface area contributed by atoms with Crippen molar-refractivity contribution in [2.75, 3.05) is 55.9 Å². The molecule has 0 saturated heterocycles. The Hall–Kier alpha value is -6.13. The van der Waals surface area contributed by atoms with E-state index in [1.54, 1.807) is 27.8 Å². The van der Waals surface area contributed by atoms with Crippen LogP contribution in [0.3, 0.4) is 0 Å². The van der Waals surface area contributed by atoms with E-state index in [9.17, 15) is 57.8 Å². The standard InChI is InChI=1S/C63H115N11O12/c1-25-27-28-42(15)34-49(69(19)52(76)33-40(11)12)57(80)67-45(26-2)60(83)74(24)51(35-75)62(85)71(21)48(31-38(7)8)58(81)68-53(41(13)14)63(86)72(22)47(30-37(5)6)56(79)65-43(16)54(77)66-44(17)59(82)73(23)50(32-39(9)10)61(84)70(20)46(29-36(3)4)55(78)64-18/h25,27,36-51,53,75H,26,28-35H2,1-24H3,(H,64,78)(H,65,79)(H,66,77)(H,67,80)(H,68,81)/b27-25+/t42-,43+,44-,45+,46+,47+,48+,49?,50+,51?,53+/m1/s1. The van der Waals surface area contributed by atoms with Crippen molar-refractivity contribution in [1.82, 2.24) is 56.0 Å². The Morgan fingerprint density at radius 3 is 1.22 bits per heavy atom. The van der Waals surface area contributed by atoms with E-state index in [2.05, 4.69) is 26.6 Å². The van der Waals surface area contributed by atoms with Gasteiger partial charge in [-0.1, -0.05) is 109 Å². The molecule has 86 heavy (non-hydrogen) atoms. The molecule has 494 valence electrons. The van der Waals surface area contributed by atoms with Gasteiger partial charge in [-0.2, -0.15) is 0 Å². The molecule has 0 aliphatic heterocycles. The topological polar surface area (TPSA) is 288 Å². The van der Waals surface area contributed by atoms with Crippen LogP contribution in [-0.4, -0.2) is 216 Å². The molecule has 0 aromatic carbocycles. The first-order valence-electron chi connectivity index (χ1n) is 31.0. The number of amides is 11. The van der Waals surface area contributed by atoms with Crippen LogP contribution in [0.5, 0.6) is 0 Å². The summed E-state index contributed by atoms with van der Waals surface area (Å²) in [7, 11) is 10.2. The second-order valence-electron chi connectivity index (χ2n) is 26.1. The van der Waals surface area contributed by atoms with Crippen LogP contribution in [0, 0.1) is 41.4 Å². The molecule has 23 nitrogen and oxygen atoms in total. The summed E-state index contributed by atoms with van der Waals surface area (Å²) in [6.45, 7) is 29.9. The van der Waals surface area contributed by atoms with Gasteiger partial charge in [0.1, 0.15) is 60.4 Å². The summed E-state index contributed by atoms with van der Waals surface area (Å²) in [4.78, 5) is 162. The molecule has 0 aromatic rings. The Morgan fingerprint density at radius 2 is 0.802 bits per heavy atom. The quantitative estimate of drug-likeness (QED) is 0.0483. The fourth-order valence-corrected chi connectivity index (χ4v) is 10.2. The largest absolute Gasteiger partial charge is 0.394 e. The lowest BCUT2D eigenvalue weighted by Crippen LogP contribution is -2.62. The number of allylic oxidation sites excluding steroid dienone is 2. The van der Waals surface area contributed by atoms with Gasteiger partial charge in [0.2, 0.25) is 65.0 Å². The maximum Gasteiger partial charge on any atom is 0.248 e. The number of nitrogens with one attached hydrogen (secondary N) is 5. The lowest BCUT2D eigenvalue weighted by atomic mass is 9.95. The van der Waals surface area contributed by atoms with E-state index >= 15 is 0 Å². The molecule has 0 spiro atoms. The molecule has 0 bridgehead atoms. The third kappa shape index (κ3) is 24.9. The molecule has 0 aromatic heterocycles. The molecule has 23 heteroatoms. The SMILES string of the molecule is C/C=C/C[C@@H](C)CC(C(=O)N[C@@H](CC)C(=O)N(C)C(CO)C(=O)N(C)[C@@H](CC(C)C)C(=O)N[C@H](C(=O)N(C)[C@@H](CC(C)C)C(=O)N[C@@H](C)C(=O)N[C@H](C)C(=O)N(C)[C@@H](CC(C)C)C(=O)N(C)[C@@H](CC(C)C)C(=O)NC)C(C)C)N(C)C(=O)CC(C)C. The second-order valence-corrected chi connectivity index (χ2v) is 26.1. The number of aliphatic hydroxyl groups is 1. The first kappa shape index (κ1) is 79.9. The Labute approximate surface area is 516 Å². The highest BCUT2D eigenvalue weighted by molar-refractivity contribution is 5.99. The summed E-state index contributed by atoms with van der Waals surface area (Å²) in [5.74, 6) is -7.05. The minimum atomic E-state index is -1.50. The van der Waals surface area contributed by atoms with Crippen LogP contribution in [0.4, 0.5) is 0 Å². The summed E-state index contributed by atoms with van der Waals surface area (Å²) in [6, 6.07) is -11.2. The van der Waals surface area contributed by atoms with Crippen molar-refractivity contribution in [2.24, 2.45) is 41.4 Å². The third-order valence-corrected chi connectivity index (χ3v) is 15.6. The van der Waals surface area contributed by atoms with Crippen LogP contribution in [0.25, 0.3) is 0 Å². The number of carbonyl (C=O) groups is 11. The molecule has 0 saturated carbocycles. The van der Waals surface area contributed by atoms with Crippen molar-refractivity contribution in [3.05, 3.63) is 12.2 Å². The van der Waals surface area contributed by atoms with E-state index in [1.165, 1.54) is 75.7 Å². The number of aliphatic hydroxyl groups excluding tert-OH is 1. The van der Waals surface area contributed by atoms with Crippen molar-refractivity contribution >= 4 is 65.0 Å². The van der Waals surface area contributed by atoms with Crippen LogP contribution in [0.1, 0.15) is 169 Å². The van der Waals surface area contributed by atoms with Gasteiger partial charge in [0.05, 0.1) is 6.61 Å². The molecule has 0 fully saturated rings. The van der Waals surface area contributed by atoms with Crippen molar-refractivity contribution < 1.29 is 57.8 Å². The maximum absolute atomic E-state index is 14.6. The Morgan fingerprint density at radius 1 is 0.419 bits per heavy atom. The molecule has 6 N–H and O–H groups in total. The van der Waals surface area contributed by atoms with Gasteiger partial charge < -0.3 is 61.1 Å². The van der Waals surface area contributed by atoms with Crippen molar-refractivity contribution in [1.29, 1.82) is 0 Å². The Kier molecular flexibility index (Phi) is 35.5. The summed E-state index contributed by atoms with van der Waals surface area (Å²) in [5, 5.41) is 24.4. The predicted molar refractivity (Wildman–Crippen MR) is 335 cm³/mol. The minimum Gasteiger partial charge on any atom is -0.394 e. The lowest BCUT2D eigenvalue weighted by molar-refractivity contribution is -0.151. The van der Waals surface area contributed by atoms with Crippen LogP contribution in [0.2, 0.25) is 0 Å². The van der Waals surface area contributed by atoms with Crippen LogP contribution in [0.15, 0.2) is 12.2 Å². The molecule has 11 amide bonds. The van der Waals surface area contributed by atoms with Crippen LogP contribution >= 0.6 is 0 Å². The fraction of sp³-hybridized carbons (Fsp3) is 0.794. The van der Waals surface area contributed by atoms with Crippen LogP contribution < -0.4 is 26.6 Å². The molecule has 0 aliphatic rings. The highest BCUT2D eigenvalue weighted by Crippen LogP contribution is 2.23. The predicted octanol–water partition coefficient (Wildman–Crippen LogP) is 3.95. The van der Waals surface area contributed by atoms with E-state index in [4.69, 9.17) is 0 Å². The molecule has 11 atom stereocenters. The van der Waals surface area contributed by atoms with Gasteiger partial charge in [0, 0.05) is 55.8 Å². The van der Waals surface area contributed by atoms with E-state index in [0.29, 0.717) is 19.3 Å². The van der Waals surface area contributed by atoms with Gasteiger partial charge in [-0.3, -0.25) is 52.7 Å². The minimum absolute atomic E-state index is 0.0125. The smallest absolute Gasteiger partial charge is 0.248 e. The van der Waals surface area contributed by atoms with E-state index < -0.39 is 126 Å². The zero-order chi connectivity index (χ0) is 66.9. The monoisotopic (exact) mass is 1220 g/mol. The Bertz CT molecular complexity index is 2270. The third-order valence-electron chi connectivity index (χ3n) is 15.6. The summed E-state index contributed by atoms with van der Waals surface area (Å²) >= 11 is 0. The average Bonchev–Trinajstić information content (AvgIpc) is 3.05. The summed E-state index contributed by atoms with van der Waals surface area (Å²) < 4.78 is 0. The number of hydrogen-bond acceptors (Lipinski definition) is 12. The zero-order valence-corrected chi connectivity index (χ0v) is 57.0. The van der Waals surface area contributed by atoms with Gasteiger partial charge in [0.15, 0.2) is 0 Å². The number of likely N-dealkylation sites (N-methyl/N-ethyl adjacent to an activating group) is 7. The van der Waals surface area contributed by atoms with Gasteiger partial charge in [0.25, 0.3) is 0 Å². The van der Waals surface area contributed by atoms with Crippen molar-refractivity contribution in [2.45, 2.75) is 229 Å². The van der Waals surface area contributed by atoms with E-state index in [0.717, 1.165) is 9.80 Å². The molecule has 0 aliphatic carbocycles. The number of rotatable bonds is 37. The first-order valence-corrected chi connectivity index (χ1v) is 31.0.